The minimum absolute atomic E-state index is 0.0783. The molecule has 0 atom stereocenters. The number of hydrogen-bond donors (Lipinski definition) is 0. The molecule has 0 aliphatic carbocycles. The number of rotatable bonds is 7. The van der Waals surface area contributed by atoms with E-state index in [0.29, 0.717) is 16.7 Å². The van der Waals surface area contributed by atoms with Crippen molar-refractivity contribution in [3.63, 3.8) is 0 Å². The van der Waals surface area contributed by atoms with Crippen LogP contribution in [0.25, 0.3) is 11.1 Å². The first-order chi connectivity index (χ1) is 12.5. The van der Waals surface area contributed by atoms with E-state index in [1.807, 2.05) is 0 Å². The summed E-state index contributed by atoms with van der Waals surface area (Å²) in [7, 11) is -4.20. The van der Waals surface area contributed by atoms with Crippen LogP contribution in [0.4, 0.5) is 18.9 Å². The Balaban J connectivity index is 2.21. The van der Waals surface area contributed by atoms with E-state index >= 15 is 0 Å². The lowest BCUT2D eigenvalue weighted by Crippen LogP contribution is -2.16. The lowest BCUT2D eigenvalue weighted by Gasteiger charge is -2.11. The molecule has 0 bridgehead atoms. The van der Waals surface area contributed by atoms with E-state index in [1.54, 1.807) is 19.1 Å². The maximum absolute atomic E-state index is 12.1. The smallest absolute Gasteiger partial charge is 0.382 e. The number of hydrogen-bond acceptors (Lipinski definition) is 5. The molecule has 0 spiro atoms. The highest BCUT2D eigenvalue weighted by atomic mass is 32.2. The van der Waals surface area contributed by atoms with Crippen LogP contribution in [-0.4, -0.2) is 25.3 Å². The molecule has 27 heavy (non-hydrogen) atoms. The van der Waals surface area contributed by atoms with Gasteiger partial charge < -0.3 is 4.18 Å². The highest BCUT2D eigenvalue weighted by molar-refractivity contribution is 7.87. The first-order valence-corrected chi connectivity index (χ1v) is 9.39. The third-order valence-electron chi connectivity index (χ3n) is 3.72. The molecule has 0 N–H and O–H groups in total. The molecular formula is C17H16F3NO5S. The fourth-order valence-electron chi connectivity index (χ4n) is 2.49. The van der Waals surface area contributed by atoms with Crippen molar-refractivity contribution in [2.45, 2.75) is 25.9 Å². The Morgan fingerprint density at radius 2 is 1.81 bits per heavy atom. The standard InChI is InChI=1S/C17H16F3NO5S/c1-12-15(7-3-8-16(12)21(22)23)13-5-2-6-14(11-13)26-27(24,25)10-4-9-17(18,19)20/h2-3,5-8,11H,4,9-10H2,1H3. The van der Waals surface area contributed by atoms with Gasteiger partial charge in [0.1, 0.15) is 5.75 Å². The molecule has 0 aromatic heterocycles. The second kappa shape index (κ2) is 7.95. The third-order valence-corrected chi connectivity index (χ3v) is 4.96. The van der Waals surface area contributed by atoms with E-state index in [1.165, 1.54) is 30.3 Å². The number of halogens is 3. The molecule has 10 heteroatoms. The van der Waals surface area contributed by atoms with Gasteiger partial charge in [-0.2, -0.15) is 21.6 Å². The third kappa shape index (κ3) is 5.95. The molecular weight excluding hydrogens is 387 g/mol. The van der Waals surface area contributed by atoms with Crippen molar-refractivity contribution in [1.29, 1.82) is 0 Å². The molecule has 146 valence electrons. The van der Waals surface area contributed by atoms with Crippen LogP contribution in [0.1, 0.15) is 18.4 Å². The second-order valence-corrected chi connectivity index (χ2v) is 7.49. The zero-order chi connectivity index (χ0) is 20.2. The second-order valence-electron chi connectivity index (χ2n) is 5.80. The Hall–Kier alpha value is -2.62. The van der Waals surface area contributed by atoms with Crippen molar-refractivity contribution >= 4 is 15.8 Å². The summed E-state index contributed by atoms with van der Waals surface area (Å²) in [5.41, 5.74) is 1.31. The lowest BCUT2D eigenvalue weighted by molar-refractivity contribution is -0.385. The van der Waals surface area contributed by atoms with Gasteiger partial charge in [0.15, 0.2) is 0 Å². The first kappa shape index (κ1) is 20.7. The maximum atomic E-state index is 12.1. The fraction of sp³-hybridized carbons (Fsp3) is 0.294. The van der Waals surface area contributed by atoms with E-state index in [9.17, 15) is 31.7 Å². The van der Waals surface area contributed by atoms with Gasteiger partial charge in [0, 0.05) is 18.1 Å². The van der Waals surface area contributed by atoms with Crippen molar-refractivity contribution in [1.82, 2.24) is 0 Å². The van der Waals surface area contributed by atoms with Gasteiger partial charge in [0.25, 0.3) is 5.69 Å². The van der Waals surface area contributed by atoms with Crippen molar-refractivity contribution in [3.8, 4) is 16.9 Å². The minimum atomic E-state index is -4.44. The normalized spacial score (nSPS) is 12.0. The Labute approximate surface area is 153 Å². The summed E-state index contributed by atoms with van der Waals surface area (Å²) in [6, 6.07) is 10.3. The van der Waals surface area contributed by atoms with Crippen molar-refractivity contribution in [2.75, 3.05) is 5.75 Å². The number of nitro groups is 1. The molecule has 0 saturated heterocycles. The van der Waals surface area contributed by atoms with Gasteiger partial charge in [0.2, 0.25) is 0 Å². The molecule has 0 aliphatic rings. The largest absolute Gasteiger partial charge is 0.389 e. The van der Waals surface area contributed by atoms with Crippen LogP contribution in [0.2, 0.25) is 0 Å². The van der Waals surface area contributed by atoms with Gasteiger partial charge in [-0.05, 0) is 36.6 Å². The molecule has 2 aromatic carbocycles. The number of alkyl halides is 3. The van der Waals surface area contributed by atoms with E-state index in [-0.39, 0.29) is 11.4 Å². The molecule has 0 heterocycles. The number of benzene rings is 2. The average molecular weight is 403 g/mol. The average Bonchev–Trinajstić information content (AvgIpc) is 2.53. The zero-order valence-corrected chi connectivity index (χ0v) is 15.0. The van der Waals surface area contributed by atoms with Crippen LogP contribution in [-0.2, 0) is 10.1 Å². The maximum Gasteiger partial charge on any atom is 0.389 e. The van der Waals surface area contributed by atoms with Gasteiger partial charge in [-0.3, -0.25) is 10.1 Å². The van der Waals surface area contributed by atoms with Crippen LogP contribution >= 0.6 is 0 Å². The summed E-state index contributed by atoms with van der Waals surface area (Å²) >= 11 is 0. The van der Waals surface area contributed by atoms with E-state index in [2.05, 4.69) is 0 Å². The minimum Gasteiger partial charge on any atom is -0.382 e. The van der Waals surface area contributed by atoms with Crippen molar-refractivity contribution in [3.05, 3.63) is 58.1 Å². The Morgan fingerprint density at radius 3 is 2.44 bits per heavy atom. The Bertz CT molecular complexity index is 942. The topological polar surface area (TPSA) is 86.5 Å². The molecule has 0 saturated carbocycles. The van der Waals surface area contributed by atoms with Gasteiger partial charge in [-0.1, -0.05) is 24.3 Å². The Morgan fingerprint density at radius 1 is 1.15 bits per heavy atom. The van der Waals surface area contributed by atoms with Gasteiger partial charge in [0.05, 0.1) is 10.7 Å². The predicted molar refractivity (Wildman–Crippen MR) is 93.0 cm³/mol. The molecule has 0 amide bonds. The monoisotopic (exact) mass is 403 g/mol. The van der Waals surface area contributed by atoms with Gasteiger partial charge >= 0.3 is 16.3 Å². The SMILES string of the molecule is Cc1c(-c2cccc(OS(=O)(=O)CCCC(F)(F)F)c2)cccc1[N+](=O)[O-]. The molecule has 6 nitrogen and oxygen atoms in total. The fourth-order valence-corrected chi connectivity index (χ4v) is 3.47. The van der Waals surface area contributed by atoms with Crippen LogP contribution in [0.3, 0.4) is 0 Å². The molecule has 2 aromatic rings. The van der Waals surface area contributed by atoms with Crippen molar-refractivity contribution in [2.24, 2.45) is 0 Å². The molecule has 0 unspecified atom stereocenters. The predicted octanol–water partition coefficient (Wildman–Crippen LogP) is 4.62. The zero-order valence-electron chi connectivity index (χ0n) is 14.2. The van der Waals surface area contributed by atoms with Gasteiger partial charge in [-0.25, -0.2) is 0 Å². The van der Waals surface area contributed by atoms with Crippen LogP contribution < -0.4 is 4.18 Å². The van der Waals surface area contributed by atoms with Crippen LogP contribution in [0.15, 0.2) is 42.5 Å². The quantitative estimate of drug-likeness (QED) is 0.382. The highest BCUT2D eigenvalue weighted by Crippen LogP contribution is 2.32. The summed E-state index contributed by atoms with van der Waals surface area (Å²) in [5.74, 6) is -0.850. The van der Waals surface area contributed by atoms with Gasteiger partial charge in [-0.15, -0.1) is 0 Å². The first-order valence-electron chi connectivity index (χ1n) is 7.82. The van der Waals surface area contributed by atoms with E-state index in [4.69, 9.17) is 4.18 Å². The highest BCUT2D eigenvalue weighted by Gasteiger charge is 2.28. The summed E-state index contributed by atoms with van der Waals surface area (Å²) in [5, 5.41) is 11.1. The van der Waals surface area contributed by atoms with Crippen molar-refractivity contribution < 1.29 is 30.7 Å². The molecule has 0 aliphatic heterocycles. The molecule has 2 rings (SSSR count). The van der Waals surface area contributed by atoms with Crippen LogP contribution in [0, 0.1) is 17.0 Å². The molecule has 0 radical (unpaired) electrons. The number of nitrogens with zero attached hydrogens (tertiary/aromatic N) is 1. The van der Waals surface area contributed by atoms with Crippen LogP contribution in [0.5, 0.6) is 5.75 Å². The summed E-state index contributed by atoms with van der Waals surface area (Å²) in [4.78, 5) is 10.5. The lowest BCUT2D eigenvalue weighted by atomic mass is 9.99. The van der Waals surface area contributed by atoms with E-state index in [0.717, 1.165) is 0 Å². The Kier molecular flexibility index (Phi) is 6.09. The van der Waals surface area contributed by atoms with E-state index < -0.39 is 39.8 Å². The molecule has 0 fully saturated rings. The number of nitro benzene ring substituents is 1. The summed E-state index contributed by atoms with van der Waals surface area (Å²) in [6.45, 7) is 1.56. The summed E-state index contributed by atoms with van der Waals surface area (Å²) < 4.78 is 65.0. The summed E-state index contributed by atoms with van der Waals surface area (Å²) in [6.07, 6.45) is -6.26.